The molecular weight excluding hydrogens is 302 g/mol. The van der Waals surface area contributed by atoms with Crippen molar-refractivity contribution >= 4 is 17.0 Å². The quantitative estimate of drug-likeness (QED) is 0.744. The van der Waals surface area contributed by atoms with Crippen molar-refractivity contribution < 1.29 is 9.53 Å². The molecule has 5 heteroatoms. The van der Waals surface area contributed by atoms with E-state index in [0.29, 0.717) is 0 Å². The number of aromatic amines is 1. The van der Waals surface area contributed by atoms with Gasteiger partial charge in [-0.3, -0.25) is 5.10 Å². The fourth-order valence-corrected chi connectivity index (χ4v) is 3.13. The third-order valence-corrected chi connectivity index (χ3v) is 4.00. The van der Waals surface area contributed by atoms with Crippen LogP contribution in [0.15, 0.2) is 30.6 Å². The SMILES string of the molecule is CCc1c(-c2cn[nH]c2)n(C(=O)OC(C)(C)C)c2cccc(C)c12. The minimum absolute atomic E-state index is 0.367. The van der Waals surface area contributed by atoms with Crippen LogP contribution in [-0.2, 0) is 11.2 Å². The molecule has 0 amide bonds. The van der Waals surface area contributed by atoms with E-state index >= 15 is 0 Å². The van der Waals surface area contributed by atoms with E-state index in [4.69, 9.17) is 4.74 Å². The standard InChI is InChI=1S/C19H23N3O2/c1-6-14-16-12(2)8-7-9-15(16)22(18(23)24-19(3,4)5)17(14)13-10-20-21-11-13/h7-11H,6H2,1-5H3,(H,20,21). The zero-order valence-corrected chi connectivity index (χ0v) is 14.8. The van der Waals surface area contributed by atoms with Gasteiger partial charge in [0.05, 0.1) is 17.4 Å². The highest BCUT2D eigenvalue weighted by Crippen LogP contribution is 2.36. The molecule has 0 spiro atoms. The van der Waals surface area contributed by atoms with Gasteiger partial charge in [-0.25, -0.2) is 9.36 Å². The summed E-state index contributed by atoms with van der Waals surface area (Å²) < 4.78 is 7.34. The number of aryl methyl sites for hydroxylation is 2. The highest BCUT2D eigenvalue weighted by Gasteiger charge is 2.26. The number of rotatable bonds is 2. The van der Waals surface area contributed by atoms with Crippen LogP contribution in [0, 0.1) is 6.92 Å². The fourth-order valence-electron chi connectivity index (χ4n) is 3.13. The number of hydrogen-bond donors (Lipinski definition) is 1. The van der Waals surface area contributed by atoms with Crippen molar-refractivity contribution in [3.63, 3.8) is 0 Å². The molecule has 0 saturated heterocycles. The number of benzene rings is 1. The number of nitrogens with one attached hydrogen (secondary N) is 1. The van der Waals surface area contributed by atoms with Crippen LogP contribution >= 0.6 is 0 Å². The minimum Gasteiger partial charge on any atom is -0.443 e. The van der Waals surface area contributed by atoms with Crippen LogP contribution in [-0.4, -0.2) is 26.5 Å². The predicted octanol–water partition coefficient (Wildman–Crippen LogP) is 4.69. The van der Waals surface area contributed by atoms with E-state index in [-0.39, 0.29) is 6.09 Å². The van der Waals surface area contributed by atoms with Crippen molar-refractivity contribution in [2.75, 3.05) is 0 Å². The lowest BCUT2D eigenvalue weighted by molar-refractivity contribution is 0.0547. The summed E-state index contributed by atoms with van der Waals surface area (Å²) in [5.41, 5.74) is 4.33. The molecule has 2 heterocycles. The Morgan fingerprint density at radius 2 is 2.08 bits per heavy atom. The second kappa shape index (κ2) is 5.82. The molecule has 0 atom stereocenters. The van der Waals surface area contributed by atoms with Crippen LogP contribution in [0.1, 0.15) is 38.8 Å². The average Bonchev–Trinajstić information content (AvgIpc) is 3.10. The molecule has 126 valence electrons. The van der Waals surface area contributed by atoms with Gasteiger partial charge in [-0.05, 0) is 51.3 Å². The van der Waals surface area contributed by atoms with E-state index < -0.39 is 5.60 Å². The molecule has 3 aromatic rings. The smallest absolute Gasteiger partial charge is 0.419 e. The summed E-state index contributed by atoms with van der Waals surface area (Å²) in [6.07, 6.45) is 4.00. The Bertz CT molecular complexity index is 884. The first-order valence-electron chi connectivity index (χ1n) is 8.19. The van der Waals surface area contributed by atoms with Crippen LogP contribution in [0.4, 0.5) is 4.79 Å². The Morgan fingerprint density at radius 3 is 2.67 bits per heavy atom. The molecular formula is C19H23N3O2. The van der Waals surface area contributed by atoms with Crippen molar-refractivity contribution in [2.45, 2.75) is 46.6 Å². The summed E-state index contributed by atoms with van der Waals surface area (Å²) in [5, 5.41) is 8.00. The van der Waals surface area contributed by atoms with Gasteiger partial charge in [-0.2, -0.15) is 5.10 Å². The Morgan fingerprint density at radius 1 is 1.33 bits per heavy atom. The van der Waals surface area contributed by atoms with Crippen molar-refractivity contribution in [3.05, 3.63) is 41.7 Å². The van der Waals surface area contributed by atoms with Crippen molar-refractivity contribution in [3.8, 4) is 11.3 Å². The highest BCUT2D eigenvalue weighted by atomic mass is 16.6. The lowest BCUT2D eigenvalue weighted by atomic mass is 10.0. The second-order valence-electron chi connectivity index (χ2n) is 6.95. The molecule has 3 rings (SSSR count). The van der Waals surface area contributed by atoms with Crippen LogP contribution < -0.4 is 0 Å². The minimum atomic E-state index is -0.558. The van der Waals surface area contributed by atoms with Crippen LogP contribution in [0.3, 0.4) is 0 Å². The largest absolute Gasteiger partial charge is 0.443 e. The third-order valence-electron chi connectivity index (χ3n) is 4.00. The predicted molar refractivity (Wildman–Crippen MR) is 95.3 cm³/mol. The number of H-pyrrole nitrogens is 1. The Hall–Kier alpha value is -2.56. The van der Waals surface area contributed by atoms with E-state index in [1.54, 1.807) is 10.8 Å². The van der Waals surface area contributed by atoms with E-state index in [2.05, 4.69) is 30.1 Å². The maximum absolute atomic E-state index is 12.9. The van der Waals surface area contributed by atoms with Crippen LogP contribution in [0.25, 0.3) is 22.2 Å². The normalized spacial score (nSPS) is 11.9. The Balaban J connectivity index is 2.36. The van der Waals surface area contributed by atoms with Crippen LogP contribution in [0.5, 0.6) is 0 Å². The number of carbonyl (C=O) groups is 1. The molecule has 2 aromatic heterocycles. The number of carbonyl (C=O) groups excluding carboxylic acids is 1. The summed E-state index contributed by atoms with van der Waals surface area (Å²) in [6.45, 7) is 9.80. The van der Waals surface area contributed by atoms with Crippen molar-refractivity contribution in [1.82, 2.24) is 14.8 Å². The number of fused-ring (bicyclic) bond motifs is 1. The van der Waals surface area contributed by atoms with Gasteiger partial charge >= 0.3 is 6.09 Å². The molecule has 5 nitrogen and oxygen atoms in total. The van der Waals surface area contributed by atoms with E-state index in [0.717, 1.165) is 39.7 Å². The maximum atomic E-state index is 12.9. The number of nitrogens with zero attached hydrogens (tertiary/aromatic N) is 2. The molecule has 0 aliphatic rings. The first-order chi connectivity index (χ1) is 11.3. The topological polar surface area (TPSA) is 59.9 Å². The average molecular weight is 325 g/mol. The monoisotopic (exact) mass is 325 g/mol. The molecule has 0 unspecified atom stereocenters. The van der Waals surface area contributed by atoms with Gasteiger partial charge in [0, 0.05) is 17.1 Å². The summed E-state index contributed by atoms with van der Waals surface area (Å²) in [6, 6.07) is 6.01. The zero-order valence-electron chi connectivity index (χ0n) is 14.8. The molecule has 0 aliphatic heterocycles. The number of hydrogen-bond acceptors (Lipinski definition) is 3. The maximum Gasteiger partial charge on any atom is 0.419 e. The Kier molecular flexibility index (Phi) is 3.95. The molecule has 24 heavy (non-hydrogen) atoms. The molecule has 0 radical (unpaired) electrons. The molecule has 1 N–H and O–H groups in total. The van der Waals surface area contributed by atoms with E-state index in [9.17, 15) is 4.79 Å². The number of aromatic nitrogens is 3. The van der Waals surface area contributed by atoms with Crippen LogP contribution in [0.2, 0.25) is 0 Å². The fraction of sp³-hybridized carbons (Fsp3) is 0.368. The molecule has 0 bridgehead atoms. The van der Waals surface area contributed by atoms with Crippen molar-refractivity contribution in [2.24, 2.45) is 0 Å². The summed E-state index contributed by atoms with van der Waals surface area (Å²) >= 11 is 0. The number of ether oxygens (including phenoxy) is 1. The molecule has 0 fully saturated rings. The summed E-state index contributed by atoms with van der Waals surface area (Å²) in [7, 11) is 0. The first kappa shape index (κ1) is 16.3. The van der Waals surface area contributed by atoms with Gasteiger partial charge < -0.3 is 4.74 Å². The lowest BCUT2D eigenvalue weighted by Gasteiger charge is -2.21. The van der Waals surface area contributed by atoms with E-state index in [1.165, 1.54) is 0 Å². The van der Waals surface area contributed by atoms with Gasteiger partial charge in [-0.1, -0.05) is 19.1 Å². The second-order valence-corrected chi connectivity index (χ2v) is 6.95. The highest BCUT2D eigenvalue weighted by molar-refractivity contribution is 6.00. The van der Waals surface area contributed by atoms with Gasteiger partial charge in [0.2, 0.25) is 0 Å². The first-order valence-corrected chi connectivity index (χ1v) is 8.19. The molecule has 0 aliphatic carbocycles. The summed E-state index contributed by atoms with van der Waals surface area (Å²) in [4.78, 5) is 12.9. The zero-order chi connectivity index (χ0) is 17.5. The van der Waals surface area contributed by atoms with Gasteiger partial charge in [-0.15, -0.1) is 0 Å². The van der Waals surface area contributed by atoms with Gasteiger partial charge in [0.15, 0.2) is 0 Å². The van der Waals surface area contributed by atoms with Gasteiger partial charge in [0.1, 0.15) is 5.60 Å². The lowest BCUT2D eigenvalue weighted by Crippen LogP contribution is -2.27. The third kappa shape index (κ3) is 2.70. The Labute approximate surface area is 141 Å². The molecule has 1 aromatic carbocycles. The summed E-state index contributed by atoms with van der Waals surface area (Å²) in [5.74, 6) is 0. The molecule has 0 saturated carbocycles. The van der Waals surface area contributed by atoms with Crippen molar-refractivity contribution in [1.29, 1.82) is 0 Å². The van der Waals surface area contributed by atoms with Gasteiger partial charge in [0.25, 0.3) is 0 Å². The van der Waals surface area contributed by atoms with E-state index in [1.807, 2.05) is 39.1 Å².